The van der Waals surface area contributed by atoms with Crippen molar-refractivity contribution >= 4 is 5.97 Å². The summed E-state index contributed by atoms with van der Waals surface area (Å²) < 4.78 is 5.36. The zero-order valence-corrected chi connectivity index (χ0v) is 11.9. The molecule has 4 heteroatoms. The minimum absolute atomic E-state index is 0.108. The summed E-state index contributed by atoms with van der Waals surface area (Å²) in [6, 6.07) is 0. The standard InChI is InChI=1S/C16H23NO3/c1-5-9-15(10-6-2)13-20-14(18)16(11-7-3,12-8-4)17(15)19/h5-8,19H,1-4,9-13H2. The molecule has 1 rings (SSSR count). The Bertz CT molecular complexity index is 394. The Morgan fingerprint density at radius 1 is 1.05 bits per heavy atom. The maximum atomic E-state index is 12.2. The molecule has 0 radical (unpaired) electrons. The van der Waals surface area contributed by atoms with Crippen molar-refractivity contribution in [2.24, 2.45) is 0 Å². The van der Waals surface area contributed by atoms with Gasteiger partial charge in [0.05, 0.1) is 5.54 Å². The number of rotatable bonds is 8. The molecule has 0 atom stereocenters. The van der Waals surface area contributed by atoms with Crippen molar-refractivity contribution in [1.82, 2.24) is 5.06 Å². The molecule has 1 N–H and O–H groups in total. The van der Waals surface area contributed by atoms with E-state index in [-0.39, 0.29) is 19.4 Å². The van der Waals surface area contributed by atoms with Crippen LogP contribution >= 0.6 is 0 Å². The van der Waals surface area contributed by atoms with Crippen LogP contribution in [0.5, 0.6) is 0 Å². The molecule has 0 aromatic carbocycles. The number of hydroxylamine groups is 2. The Labute approximate surface area is 120 Å². The molecule has 0 spiro atoms. The molecule has 1 aliphatic heterocycles. The Morgan fingerprint density at radius 3 is 1.90 bits per heavy atom. The summed E-state index contributed by atoms with van der Waals surface area (Å²) in [6.45, 7) is 14.9. The first-order valence-electron chi connectivity index (χ1n) is 6.63. The molecule has 0 amide bonds. The van der Waals surface area contributed by atoms with Crippen LogP contribution in [0.3, 0.4) is 0 Å². The van der Waals surface area contributed by atoms with Crippen LogP contribution in [0, 0.1) is 0 Å². The highest BCUT2D eigenvalue weighted by Crippen LogP contribution is 2.40. The van der Waals surface area contributed by atoms with Crippen molar-refractivity contribution < 1.29 is 14.7 Å². The van der Waals surface area contributed by atoms with Gasteiger partial charge in [0.2, 0.25) is 0 Å². The van der Waals surface area contributed by atoms with Crippen LogP contribution < -0.4 is 0 Å². The first-order valence-corrected chi connectivity index (χ1v) is 6.63. The van der Waals surface area contributed by atoms with Crippen molar-refractivity contribution in [2.75, 3.05) is 6.61 Å². The molecule has 4 nitrogen and oxygen atoms in total. The first kappa shape index (κ1) is 16.4. The van der Waals surface area contributed by atoms with Gasteiger partial charge in [-0.25, -0.2) is 4.79 Å². The Morgan fingerprint density at radius 2 is 1.50 bits per heavy atom. The molecule has 1 fully saturated rings. The van der Waals surface area contributed by atoms with Gasteiger partial charge in [0, 0.05) is 0 Å². The van der Waals surface area contributed by atoms with Gasteiger partial charge in [-0.3, -0.25) is 0 Å². The van der Waals surface area contributed by atoms with Crippen LogP contribution in [0.15, 0.2) is 50.6 Å². The number of esters is 1. The number of carbonyl (C=O) groups excluding carboxylic acids is 1. The maximum absolute atomic E-state index is 12.2. The van der Waals surface area contributed by atoms with Crippen LogP contribution in [0.1, 0.15) is 25.7 Å². The second kappa shape index (κ2) is 6.68. The first-order chi connectivity index (χ1) is 9.53. The summed E-state index contributed by atoms with van der Waals surface area (Å²) in [5.41, 5.74) is -1.91. The van der Waals surface area contributed by atoms with E-state index >= 15 is 0 Å². The van der Waals surface area contributed by atoms with Gasteiger partial charge in [-0.1, -0.05) is 24.3 Å². The molecule has 20 heavy (non-hydrogen) atoms. The van der Waals surface area contributed by atoms with Gasteiger partial charge >= 0.3 is 5.97 Å². The molecule has 1 aliphatic rings. The molecule has 0 unspecified atom stereocenters. The number of morpholine rings is 1. The van der Waals surface area contributed by atoms with E-state index in [2.05, 4.69) is 26.3 Å². The average Bonchev–Trinajstić information content (AvgIpc) is 2.42. The molecular formula is C16H23NO3. The van der Waals surface area contributed by atoms with Crippen LogP contribution in [-0.2, 0) is 9.53 Å². The highest BCUT2D eigenvalue weighted by molar-refractivity contribution is 5.82. The summed E-state index contributed by atoms with van der Waals surface area (Å²) in [5.74, 6) is -0.455. The minimum Gasteiger partial charge on any atom is -0.462 e. The SMILES string of the molecule is C=CCC1(CC=C)COC(=O)C(CC=C)(CC=C)N1O. The molecular weight excluding hydrogens is 254 g/mol. The molecule has 0 aliphatic carbocycles. The van der Waals surface area contributed by atoms with Crippen molar-refractivity contribution in [2.45, 2.75) is 36.8 Å². The summed E-state index contributed by atoms with van der Waals surface area (Å²) in [7, 11) is 0. The highest BCUT2D eigenvalue weighted by atomic mass is 16.6. The summed E-state index contributed by atoms with van der Waals surface area (Å²) in [4.78, 5) is 12.2. The molecule has 1 heterocycles. The van der Waals surface area contributed by atoms with E-state index in [1.807, 2.05) is 0 Å². The fourth-order valence-electron chi connectivity index (χ4n) is 2.75. The summed E-state index contributed by atoms with van der Waals surface area (Å²) in [6.07, 6.45) is 8.15. The van der Waals surface area contributed by atoms with Gasteiger partial charge in [-0.15, -0.1) is 26.3 Å². The molecule has 0 aromatic rings. The van der Waals surface area contributed by atoms with E-state index in [9.17, 15) is 10.0 Å². The van der Waals surface area contributed by atoms with E-state index in [1.165, 1.54) is 0 Å². The lowest BCUT2D eigenvalue weighted by molar-refractivity contribution is -0.278. The quantitative estimate of drug-likeness (QED) is 0.547. The van der Waals surface area contributed by atoms with Gasteiger partial charge in [0.15, 0.2) is 5.54 Å². The molecule has 0 saturated carbocycles. The zero-order valence-electron chi connectivity index (χ0n) is 11.9. The number of nitrogens with zero attached hydrogens (tertiary/aromatic N) is 1. The zero-order chi connectivity index (χ0) is 15.2. The predicted octanol–water partition coefficient (Wildman–Crippen LogP) is 3.02. The van der Waals surface area contributed by atoms with Crippen LogP contribution in [0.4, 0.5) is 0 Å². The van der Waals surface area contributed by atoms with E-state index in [4.69, 9.17) is 4.74 Å². The van der Waals surface area contributed by atoms with Gasteiger partial charge < -0.3 is 9.94 Å². The Balaban J connectivity index is 3.29. The van der Waals surface area contributed by atoms with E-state index in [0.717, 1.165) is 5.06 Å². The number of ether oxygens (including phenoxy) is 1. The predicted molar refractivity (Wildman–Crippen MR) is 79.3 cm³/mol. The third-order valence-corrected chi connectivity index (χ3v) is 3.72. The molecule has 110 valence electrons. The van der Waals surface area contributed by atoms with Crippen LogP contribution in [0.25, 0.3) is 0 Å². The topological polar surface area (TPSA) is 49.8 Å². The van der Waals surface area contributed by atoms with E-state index < -0.39 is 17.0 Å². The Hall–Kier alpha value is -1.65. The molecule has 0 aromatic heterocycles. The molecule has 1 saturated heterocycles. The fourth-order valence-corrected chi connectivity index (χ4v) is 2.75. The lowest BCUT2D eigenvalue weighted by Crippen LogP contribution is -2.68. The monoisotopic (exact) mass is 277 g/mol. The third kappa shape index (κ3) is 2.62. The lowest BCUT2D eigenvalue weighted by Gasteiger charge is -2.51. The summed E-state index contributed by atoms with van der Waals surface area (Å²) in [5, 5.41) is 11.9. The van der Waals surface area contributed by atoms with Crippen LogP contribution in [0.2, 0.25) is 0 Å². The van der Waals surface area contributed by atoms with Crippen LogP contribution in [-0.4, -0.2) is 33.9 Å². The van der Waals surface area contributed by atoms with Crippen molar-refractivity contribution in [3.63, 3.8) is 0 Å². The minimum atomic E-state index is -1.17. The number of hydrogen-bond acceptors (Lipinski definition) is 4. The van der Waals surface area contributed by atoms with Crippen molar-refractivity contribution in [1.29, 1.82) is 0 Å². The second-order valence-electron chi connectivity index (χ2n) is 5.12. The van der Waals surface area contributed by atoms with Gasteiger partial charge in [-0.05, 0) is 25.7 Å². The largest absolute Gasteiger partial charge is 0.462 e. The lowest BCUT2D eigenvalue weighted by atomic mass is 9.80. The maximum Gasteiger partial charge on any atom is 0.329 e. The van der Waals surface area contributed by atoms with Gasteiger partial charge in [-0.2, -0.15) is 5.06 Å². The average molecular weight is 277 g/mol. The number of cyclic esters (lactones) is 1. The molecule has 0 bridgehead atoms. The second-order valence-corrected chi connectivity index (χ2v) is 5.12. The number of carbonyl (C=O) groups is 1. The summed E-state index contributed by atoms with van der Waals surface area (Å²) >= 11 is 0. The smallest absolute Gasteiger partial charge is 0.329 e. The number of hydrogen-bond donors (Lipinski definition) is 1. The Kier molecular flexibility index (Phi) is 5.48. The van der Waals surface area contributed by atoms with Gasteiger partial charge in [0.25, 0.3) is 0 Å². The van der Waals surface area contributed by atoms with E-state index in [0.29, 0.717) is 12.8 Å². The normalized spacial score (nSPS) is 20.8. The van der Waals surface area contributed by atoms with Gasteiger partial charge in [0.1, 0.15) is 6.61 Å². The highest BCUT2D eigenvalue weighted by Gasteiger charge is 2.56. The van der Waals surface area contributed by atoms with Crippen molar-refractivity contribution in [3.05, 3.63) is 50.6 Å². The van der Waals surface area contributed by atoms with E-state index in [1.54, 1.807) is 24.3 Å². The van der Waals surface area contributed by atoms with Crippen molar-refractivity contribution in [3.8, 4) is 0 Å². The third-order valence-electron chi connectivity index (χ3n) is 3.72. The fraction of sp³-hybridized carbons (Fsp3) is 0.438.